The number of hydrogen-bond donors (Lipinski definition) is 3. The van der Waals surface area contributed by atoms with Crippen molar-refractivity contribution in [1.82, 2.24) is 10.2 Å². The summed E-state index contributed by atoms with van der Waals surface area (Å²) in [5, 5.41) is 14.8. The minimum Gasteiger partial charge on any atom is -0.481 e. The van der Waals surface area contributed by atoms with Gasteiger partial charge in [-0.3, -0.25) is 9.59 Å². The molecule has 0 bridgehead atoms. The molecule has 7 heteroatoms. The first-order chi connectivity index (χ1) is 12.5. The first kappa shape index (κ1) is 18.2. The predicted octanol–water partition coefficient (Wildman–Crippen LogP) is 2.30. The Hall–Kier alpha value is -2.57. The molecular formula is C19H25N3O4. The van der Waals surface area contributed by atoms with Crippen LogP contribution >= 0.6 is 0 Å². The molecule has 1 aliphatic carbocycles. The van der Waals surface area contributed by atoms with E-state index in [9.17, 15) is 14.4 Å². The Morgan fingerprint density at radius 2 is 1.62 bits per heavy atom. The molecule has 3 N–H and O–H groups in total. The molecule has 1 aliphatic heterocycles. The quantitative estimate of drug-likeness (QED) is 0.768. The van der Waals surface area contributed by atoms with E-state index < -0.39 is 5.97 Å². The summed E-state index contributed by atoms with van der Waals surface area (Å²) in [5.41, 5.74) is 0.742. The van der Waals surface area contributed by atoms with Crippen LogP contribution in [-0.2, 0) is 9.59 Å². The van der Waals surface area contributed by atoms with E-state index in [-0.39, 0.29) is 29.8 Å². The monoisotopic (exact) mass is 359 g/mol. The van der Waals surface area contributed by atoms with Crippen LogP contribution in [-0.4, -0.2) is 47.0 Å². The Balaban J connectivity index is 1.42. The number of amides is 3. The van der Waals surface area contributed by atoms with Gasteiger partial charge < -0.3 is 20.6 Å². The number of nitrogens with one attached hydrogen (secondary N) is 2. The highest BCUT2D eigenvalue weighted by Gasteiger charge is 2.36. The van der Waals surface area contributed by atoms with Crippen molar-refractivity contribution >= 4 is 23.6 Å². The van der Waals surface area contributed by atoms with E-state index in [0.717, 1.165) is 5.69 Å². The number of carboxylic acids is 1. The number of aliphatic carboxylic acids is 1. The number of carboxylic acid groups (broad SMARTS) is 1. The van der Waals surface area contributed by atoms with Gasteiger partial charge in [0.1, 0.15) is 0 Å². The van der Waals surface area contributed by atoms with Gasteiger partial charge in [-0.2, -0.15) is 0 Å². The van der Waals surface area contributed by atoms with E-state index in [1.165, 1.54) is 0 Å². The van der Waals surface area contributed by atoms with Crippen LogP contribution in [0.25, 0.3) is 0 Å². The summed E-state index contributed by atoms with van der Waals surface area (Å²) in [7, 11) is 0. The van der Waals surface area contributed by atoms with Crippen LogP contribution < -0.4 is 10.6 Å². The van der Waals surface area contributed by atoms with Crippen LogP contribution in [0.4, 0.5) is 10.5 Å². The van der Waals surface area contributed by atoms with E-state index in [2.05, 4.69) is 10.6 Å². The molecule has 1 heterocycles. The van der Waals surface area contributed by atoms with Crippen LogP contribution in [0, 0.1) is 11.8 Å². The average Bonchev–Trinajstić information content (AvgIpc) is 3.13. The lowest BCUT2D eigenvalue weighted by atomic mass is 10.00. The molecule has 3 rings (SSSR count). The van der Waals surface area contributed by atoms with Crippen LogP contribution in [0.15, 0.2) is 30.3 Å². The lowest BCUT2D eigenvalue weighted by Crippen LogP contribution is -2.48. The van der Waals surface area contributed by atoms with Crippen LogP contribution in [0.3, 0.4) is 0 Å². The molecule has 2 atom stereocenters. The normalized spacial score (nSPS) is 23.5. The highest BCUT2D eigenvalue weighted by molar-refractivity contribution is 5.89. The number of carbonyl (C=O) groups excluding carboxylic acids is 2. The molecule has 0 spiro atoms. The molecule has 7 nitrogen and oxygen atoms in total. The van der Waals surface area contributed by atoms with Gasteiger partial charge in [0.2, 0.25) is 5.91 Å². The van der Waals surface area contributed by atoms with Crippen molar-refractivity contribution < 1.29 is 19.5 Å². The van der Waals surface area contributed by atoms with Gasteiger partial charge in [-0.25, -0.2) is 4.79 Å². The Kier molecular flexibility index (Phi) is 5.75. The van der Waals surface area contributed by atoms with Gasteiger partial charge in [-0.1, -0.05) is 18.2 Å². The Bertz CT molecular complexity index is 656. The van der Waals surface area contributed by atoms with E-state index in [1.807, 2.05) is 35.2 Å². The number of carbonyl (C=O) groups is 3. The van der Waals surface area contributed by atoms with Crippen molar-refractivity contribution in [2.24, 2.45) is 11.8 Å². The zero-order valence-corrected chi connectivity index (χ0v) is 14.7. The Morgan fingerprint density at radius 3 is 2.23 bits per heavy atom. The minimum absolute atomic E-state index is 0.0399. The molecule has 1 saturated carbocycles. The largest absolute Gasteiger partial charge is 0.481 e. The van der Waals surface area contributed by atoms with Crippen molar-refractivity contribution in [2.75, 3.05) is 18.4 Å². The predicted molar refractivity (Wildman–Crippen MR) is 96.7 cm³/mol. The standard InChI is InChI=1S/C19H25N3O4/c23-17(13-6-7-14(12-13)18(24)25)22-10-8-16(9-11-22)21-19(26)20-15-4-2-1-3-5-15/h1-5,13-14,16H,6-12H2,(H,24,25)(H2,20,21,26)/t13-,14+/m0/s1. The van der Waals surface area contributed by atoms with E-state index >= 15 is 0 Å². The number of hydrogen-bond acceptors (Lipinski definition) is 3. The van der Waals surface area contributed by atoms with Gasteiger partial charge in [0, 0.05) is 30.7 Å². The van der Waals surface area contributed by atoms with Gasteiger partial charge >= 0.3 is 12.0 Å². The van der Waals surface area contributed by atoms with Crippen LogP contribution in [0.1, 0.15) is 32.1 Å². The fourth-order valence-corrected chi connectivity index (χ4v) is 3.81. The summed E-state index contributed by atoms with van der Waals surface area (Å²) in [6.07, 6.45) is 3.12. The Morgan fingerprint density at radius 1 is 0.962 bits per heavy atom. The summed E-state index contributed by atoms with van der Waals surface area (Å²) in [5.74, 6) is -1.28. The topological polar surface area (TPSA) is 98.7 Å². The van der Waals surface area contributed by atoms with Gasteiger partial charge in [0.25, 0.3) is 0 Å². The summed E-state index contributed by atoms with van der Waals surface area (Å²) < 4.78 is 0. The van der Waals surface area contributed by atoms with E-state index in [0.29, 0.717) is 45.2 Å². The molecule has 140 valence electrons. The van der Waals surface area contributed by atoms with E-state index in [4.69, 9.17) is 5.11 Å². The lowest BCUT2D eigenvalue weighted by molar-refractivity contribution is -0.141. The van der Waals surface area contributed by atoms with Gasteiger partial charge in [-0.05, 0) is 44.2 Å². The fourth-order valence-electron chi connectivity index (χ4n) is 3.81. The SMILES string of the molecule is O=C(Nc1ccccc1)NC1CCN(C(=O)[C@H]2CC[C@@H](C(=O)O)C2)CC1. The second kappa shape index (κ2) is 8.21. The molecule has 0 unspecified atom stereocenters. The van der Waals surface area contributed by atoms with Crippen LogP contribution in [0.2, 0.25) is 0 Å². The van der Waals surface area contributed by atoms with Crippen molar-refractivity contribution in [3.05, 3.63) is 30.3 Å². The zero-order valence-electron chi connectivity index (χ0n) is 14.7. The van der Waals surface area contributed by atoms with Crippen molar-refractivity contribution in [3.8, 4) is 0 Å². The maximum Gasteiger partial charge on any atom is 0.319 e. The molecule has 3 amide bonds. The van der Waals surface area contributed by atoms with Crippen molar-refractivity contribution in [1.29, 1.82) is 0 Å². The molecule has 1 aromatic carbocycles. The second-order valence-electron chi connectivity index (χ2n) is 7.11. The van der Waals surface area contributed by atoms with E-state index in [1.54, 1.807) is 0 Å². The number of rotatable bonds is 4. The third-order valence-electron chi connectivity index (χ3n) is 5.30. The first-order valence-corrected chi connectivity index (χ1v) is 9.17. The second-order valence-corrected chi connectivity index (χ2v) is 7.11. The molecule has 2 fully saturated rings. The molecule has 1 saturated heterocycles. The number of piperidine rings is 1. The fraction of sp³-hybridized carbons (Fsp3) is 0.526. The zero-order chi connectivity index (χ0) is 18.5. The smallest absolute Gasteiger partial charge is 0.319 e. The summed E-state index contributed by atoms with van der Waals surface area (Å²) in [6.45, 7) is 1.20. The summed E-state index contributed by atoms with van der Waals surface area (Å²) >= 11 is 0. The summed E-state index contributed by atoms with van der Waals surface area (Å²) in [6, 6.07) is 9.06. The molecule has 0 radical (unpaired) electrons. The third kappa shape index (κ3) is 4.53. The molecule has 0 aromatic heterocycles. The highest BCUT2D eigenvalue weighted by atomic mass is 16.4. The van der Waals surface area contributed by atoms with Crippen LogP contribution in [0.5, 0.6) is 0 Å². The number of para-hydroxylation sites is 1. The molecule has 1 aromatic rings. The van der Waals surface area contributed by atoms with Gasteiger partial charge in [-0.15, -0.1) is 0 Å². The number of anilines is 1. The lowest BCUT2D eigenvalue weighted by Gasteiger charge is -2.34. The highest BCUT2D eigenvalue weighted by Crippen LogP contribution is 2.33. The van der Waals surface area contributed by atoms with Gasteiger partial charge in [0.15, 0.2) is 0 Å². The maximum atomic E-state index is 12.6. The minimum atomic E-state index is -0.798. The molecule has 26 heavy (non-hydrogen) atoms. The van der Waals surface area contributed by atoms with Gasteiger partial charge in [0.05, 0.1) is 5.92 Å². The third-order valence-corrected chi connectivity index (χ3v) is 5.30. The van der Waals surface area contributed by atoms with Crippen molar-refractivity contribution in [3.63, 3.8) is 0 Å². The summed E-state index contributed by atoms with van der Waals surface area (Å²) in [4.78, 5) is 37.5. The molecule has 2 aliphatic rings. The number of likely N-dealkylation sites (tertiary alicyclic amines) is 1. The molecular weight excluding hydrogens is 334 g/mol. The van der Waals surface area contributed by atoms with Crippen molar-refractivity contribution in [2.45, 2.75) is 38.1 Å². The number of urea groups is 1. The first-order valence-electron chi connectivity index (χ1n) is 9.17. The average molecular weight is 359 g/mol. The Labute approximate surface area is 152 Å². The maximum absolute atomic E-state index is 12.6. The number of nitrogens with zero attached hydrogens (tertiary/aromatic N) is 1. The number of benzene rings is 1.